The van der Waals surface area contributed by atoms with Crippen molar-refractivity contribution in [2.75, 3.05) is 38.3 Å². The molecular weight excluding hydrogens is 470 g/mol. The van der Waals surface area contributed by atoms with Gasteiger partial charge in [0.2, 0.25) is 11.8 Å². The number of nitrogens with two attached hydrogens (primary N) is 1. The highest BCUT2D eigenvalue weighted by molar-refractivity contribution is 5.99. The molecule has 0 aromatic heterocycles. The van der Waals surface area contributed by atoms with Crippen LogP contribution in [0, 0.1) is 11.8 Å². The third-order valence-electron chi connectivity index (χ3n) is 9.17. The van der Waals surface area contributed by atoms with Crippen LogP contribution >= 0.6 is 0 Å². The van der Waals surface area contributed by atoms with Crippen molar-refractivity contribution in [1.29, 1.82) is 0 Å². The van der Waals surface area contributed by atoms with E-state index in [-0.39, 0.29) is 30.3 Å². The molecule has 202 valence electrons. The number of ether oxygens (including phenoxy) is 2. The van der Waals surface area contributed by atoms with Crippen molar-refractivity contribution in [3.63, 3.8) is 0 Å². The van der Waals surface area contributed by atoms with E-state index in [4.69, 9.17) is 15.2 Å². The molecule has 8 heteroatoms. The smallest absolute Gasteiger partial charge is 0.249 e. The van der Waals surface area contributed by atoms with Crippen LogP contribution in [-0.2, 0) is 19.1 Å². The number of carbonyl (C=O) groups is 3. The lowest BCUT2D eigenvalue weighted by molar-refractivity contribution is -0.139. The molecule has 1 aromatic rings. The molecule has 2 amide bonds. The van der Waals surface area contributed by atoms with E-state index in [1.54, 1.807) is 18.1 Å². The topological polar surface area (TPSA) is 102 Å². The number of benzene rings is 1. The SMILES string of the molecule is CCCC1CCN(c2ccc(C(N)=O)c([C@@H](C(=O)N3C[C@H](OC)[C@H]4OCC(=O)[C@H]43)C3CCCC3)c2)CC1. The number of amides is 2. The predicted octanol–water partition coefficient (Wildman–Crippen LogP) is 3.27. The minimum atomic E-state index is -0.626. The maximum absolute atomic E-state index is 14.4. The van der Waals surface area contributed by atoms with Crippen molar-refractivity contribution in [2.24, 2.45) is 17.6 Å². The van der Waals surface area contributed by atoms with Crippen LogP contribution in [-0.4, -0.2) is 74.1 Å². The van der Waals surface area contributed by atoms with E-state index in [0.717, 1.165) is 63.2 Å². The molecule has 3 aliphatic heterocycles. The third kappa shape index (κ3) is 5.02. The van der Waals surface area contributed by atoms with Crippen LogP contribution in [0.4, 0.5) is 5.69 Å². The van der Waals surface area contributed by atoms with Gasteiger partial charge in [-0.1, -0.05) is 32.6 Å². The molecular formula is C29H41N3O5. The predicted molar refractivity (Wildman–Crippen MR) is 141 cm³/mol. The van der Waals surface area contributed by atoms with Crippen molar-refractivity contribution >= 4 is 23.3 Å². The number of likely N-dealkylation sites (tertiary alicyclic amines) is 1. The lowest BCUT2D eigenvalue weighted by Gasteiger charge is -2.35. The minimum absolute atomic E-state index is 0.00305. The Kier molecular flexibility index (Phi) is 7.86. The zero-order valence-electron chi connectivity index (χ0n) is 22.2. The van der Waals surface area contributed by atoms with Crippen LogP contribution in [0.15, 0.2) is 18.2 Å². The standard InChI is InChI=1S/C29H41N3O5/c1-3-6-18-11-13-31(14-12-18)20-9-10-21(28(30)34)22(15-20)25(19-7-4-5-8-19)29(35)32-16-24(36-2)27-26(32)23(33)17-37-27/h9-10,15,18-19,24-27H,3-8,11-14,16-17H2,1-2H3,(H2,30,34)/t24-,25-,26+,27+/m0/s1. The Bertz CT molecular complexity index is 1010. The van der Waals surface area contributed by atoms with Crippen molar-refractivity contribution in [2.45, 2.75) is 82.5 Å². The van der Waals surface area contributed by atoms with Crippen LogP contribution in [0.2, 0.25) is 0 Å². The first kappa shape index (κ1) is 26.2. The van der Waals surface area contributed by atoms with Gasteiger partial charge in [0.25, 0.3) is 0 Å². The quantitative estimate of drug-likeness (QED) is 0.575. The fourth-order valence-electron chi connectivity index (χ4n) is 7.22. The molecule has 1 saturated carbocycles. The Hall–Kier alpha value is -2.45. The van der Waals surface area contributed by atoms with Gasteiger partial charge >= 0.3 is 0 Å². The number of hydrogen-bond donors (Lipinski definition) is 1. The monoisotopic (exact) mass is 511 g/mol. The number of methoxy groups -OCH3 is 1. The van der Waals surface area contributed by atoms with E-state index in [1.165, 1.54) is 12.8 Å². The van der Waals surface area contributed by atoms with E-state index in [1.807, 2.05) is 12.1 Å². The largest absolute Gasteiger partial charge is 0.377 e. The number of ketones is 1. The zero-order valence-corrected chi connectivity index (χ0v) is 22.2. The summed E-state index contributed by atoms with van der Waals surface area (Å²) < 4.78 is 11.3. The van der Waals surface area contributed by atoms with Crippen LogP contribution in [0.3, 0.4) is 0 Å². The fourth-order valence-corrected chi connectivity index (χ4v) is 7.22. The number of hydrogen-bond acceptors (Lipinski definition) is 6. The number of piperidine rings is 1. The van der Waals surface area contributed by atoms with Gasteiger partial charge in [-0.2, -0.15) is 0 Å². The summed E-state index contributed by atoms with van der Waals surface area (Å²) in [6, 6.07) is 5.19. The Morgan fingerprint density at radius 2 is 1.89 bits per heavy atom. The van der Waals surface area contributed by atoms with Gasteiger partial charge < -0.3 is 25.0 Å². The second-order valence-electron chi connectivity index (χ2n) is 11.3. The summed E-state index contributed by atoms with van der Waals surface area (Å²) in [6.45, 7) is 4.50. The third-order valence-corrected chi connectivity index (χ3v) is 9.17. The maximum atomic E-state index is 14.4. The summed E-state index contributed by atoms with van der Waals surface area (Å²) in [5.41, 5.74) is 8.02. The Labute approximate surface area is 219 Å². The van der Waals surface area contributed by atoms with Crippen molar-refractivity contribution < 1.29 is 23.9 Å². The number of carbonyl (C=O) groups excluding carboxylic acids is 3. The average molecular weight is 512 g/mol. The summed E-state index contributed by atoms with van der Waals surface area (Å²) in [6.07, 6.45) is 7.96. The fraction of sp³-hybridized carbons (Fsp3) is 0.690. The molecule has 4 fully saturated rings. The average Bonchev–Trinajstić information content (AvgIpc) is 3.64. The number of rotatable bonds is 8. The van der Waals surface area contributed by atoms with Gasteiger partial charge in [0.05, 0.1) is 12.5 Å². The molecule has 1 aromatic carbocycles. The number of nitrogens with zero attached hydrogens (tertiary/aromatic N) is 2. The molecule has 0 radical (unpaired) electrons. The molecule has 5 rings (SSSR count). The summed E-state index contributed by atoms with van der Waals surface area (Å²) in [4.78, 5) is 43.8. The molecule has 3 heterocycles. The number of Topliss-reactive ketones (excluding diaryl/α,β-unsaturated/α-hetero) is 1. The molecule has 3 saturated heterocycles. The van der Waals surface area contributed by atoms with E-state index < -0.39 is 24.0 Å². The molecule has 4 aliphatic rings. The lowest BCUT2D eigenvalue weighted by Crippen LogP contribution is -2.45. The molecule has 1 aliphatic carbocycles. The van der Waals surface area contributed by atoms with Gasteiger partial charge in [0.1, 0.15) is 24.9 Å². The summed E-state index contributed by atoms with van der Waals surface area (Å²) in [5.74, 6) is -0.362. The highest BCUT2D eigenvalue weighted by Crippen LogP contribution is 2.43. The van der Waals surface area contributed by atoms with Crippen molar-refractivity contribution in [3.05, 3.63) is 29.3 Å². The summed E-state index contributed by atoms with van der Waals surface area (Å²) >= 11 is 0. The van der Waals surface area contributed by atoms with E-state index >= 15 is 0 Å². The first-order valence-corrected chi connectivity index (χ1v) is 14.1. The Morgan fingerprint density at radius 3 is 2.54 bits per heavy atom. The number of fused-ring (bicyclic) bond motifs is 1. The highest BCUT2D eigenvalue weighted by Gasteiger charge is 2.54. The zero-order chi connectivity index (χ0) is 26.1. The van der Waals surface area contributed by atoms with Crippen molar-refractivity contribution in [1.82, 2.24) is 4.90 Å². The number of anilines is 1. The molecule has 8 nitrogen and oxygen atoms in total. The minimum Gasteiger partial charge on any atom is -0.377 e. The van der Waals surface area contributed by atoms with Gasteiger partial charge in [-0.15, -0.1) is 0 Å². The molecule has 0 bridgehead atoms. The van der Waals surface area contributed by atoms with Gasteiger partial charge in [-0.05, 0) is 61.3 Å². The van der Waals surface area contributed by atoms with Crippen LogP contribution < -0.4 is 10.6 Å². The van der Waals surface area contributed by atoms with Crippen molar-refractivity contribution in [3.8, 4) is 0 Å². The van der Waals surface area contributed by atoms with Crippen LogP contribution in [0.25, 0.3) is 0 Å². The molecule has 2 N–H and O–H groups in total. The van der Waals surface area contributed by atoms with Gasteiger partial charge in [0, 0.05) is 31.5 Å². The molecule has 0 spiro atoms. The number of primary amides is 1. The van der Waals surface area contributed by atoms with E-state index in [2.05, 4.69) is 11.8 Å². The maximum Gasteiger partial charge on any atom is 0.249 e. The molecule has 37 heavy (non-hydrogen) atoms. The molecule has 0 unspecified atom stereocenters. The first-order chi connectivity index (χ1) is 17.9. The Morgan fingerprint density at radius 1 is 1.16 bits per heavy atom. The van der Waals surface area contributed by atoms with Gasteiger partial charge in [-0.3, -0.25) is 14.4 Å². The van der Waals surface area contributed by atoms with E-state index in [9.17, 15) is 14.4 Å². The second kappa shape index (κ2) is 11.1. The lowest BCUT2D eigenvalue weighted by atomic mass is 9.80. The molecule has 4 atom stereocenters. The van der Waals surface area contributed by atoms with Crippen LogP contribution in [0.5, 0.6) is 0 Å². The summed E-state index contributed by atoms with van der Waals surface area (Å²) in [5, 5.41) is 0. The first-order valence-electron chi connectivity index (χ1n) is 14.1. The van der Waals surface area contributed by atoms with Gasteiger partial charge in [0.15, 0.2) is 5.78 Å². The van der Waals surface area contributed by atoms with Crippen LogP contribution in [0.1, 0.15) is 80.1 Å². The normalized spacial score (nSPS) is 27.6. The second-order valence-corrected chi connectivity index (χ2v) is 11.3. The highest BCUT2D eigenvalue weighted by atomic mass is 16.5. The van der Waals surface area contributed by atoms with E-state index in [0.29, 0.717) is 17.7 Å². The summed E-state index contributed by atoms with van der Waals surface area (Å²) in [7, 11) is 1.59. The Balaban J connectivity index is 1.49. The van der Waals surface area contributed by atoms with Gasteiger partial charge in [-0.25, -0.2) is 0 Å².